The van der Waals surface area contributed by atoms with Crippen LogP contribution < -0.4 is 15.4 Å². The van der Waals surface area contributed by atoms with E-state index in [1.54, 1.807) is 6.08 Å². The minimum absolute atomic E-state index is 0. The molecular formula is C18H24F2IN5O. The van der Waals surface area contributed by atoms with E-state index in [4.69, 9.17) is 4.74 Å². The summed E-state index contributed by atoms with van der Waals surface area (Å²) in [6.45, 7) is 4.52. The third-order valence-corrected chi connectivity index (χ3v) is 3.45. The Hall–Kier alpha value is -2.17. The molecule has 0 aliphatic heterocycles. The van der Waals surface area contributed by atoms with Crippen LogP contribution in [0.1, 0.15) is 24.9 Å². The summed E-state index contributed by atoms with van der Waals surface area (Å²) in [5.74, 6) is 1.48. The van der Waals surface area contributed by atoms with Gasteiger partial charge in [0.2, 0.25) is 0 Å². The molecular weight excluding hydrogens is 467 g/mol. The van der Waals surface area contributed by atoms with Gasteiger partial charge in [-0.3, -0.25) is 4.57 Å². The summed E-state index contributed by atoms with van der Waals surface area (Å²) in [7, 11) is 0. The Labute approximate surface area is 174 Å². The highest BCUT2D eigenvalue weighted by Crippen LogP contribution is 2.19. The summed E-state index contributed by atoms with van der Waals surface area (Å²) in [5.41, 5.74) is 0.917. The first-order valence-corrected chi connectivity index (χ1v) is 8.29. The molecule has 6 nitrogen and oxygen atoms in total. The van der Waals surface area contributed by atoms with Crippen LogP contribution in [-0.4, -0.2) is 28.7 Å². The van der Waals surface area contributed by atoms with Gasteiger partial charge in [0, 0.05) is 24.5 Å². The number of para-hydroxylation sites is 1. The Bertz CT molecular complexity index is 736. The lowest BCUT2D eigenvalue weighted by Gasteiger charge is -2.13. The molecule has 27 heavy (non-hydrogen) atoms. The number of hydrogen-bond acceptors (Lipinski definition) is 3. The topological polar surface area (TPSA) is 63.5 Å². The first kappa shape index (κ1) is 22.9. The largest absolute Gasteiger partial charge is 0.489 e. The van der Waals surface area contributed by atoms with Crippen molar-refractivity contribution in [3.05, 3.63) is 60.7 Å². The van der Waals surface area contributed by atoms with Crippen molar-refractivity contribution in [1.82, 2.24) is 20.2 Å². The summed E-state index contributed by atoms with van der Waals surface area (Å²) in [4.78, 5) is 8.43. The van der Waals surface area contributed by atoms with Crippen molar-refractivity contribution in [2.45, 2.75) is 26.6 Å². The second kappa shape index (κ2) is 12.3. The van der Waals surface area contributed by atoms with Crippen LogP contribution in [0.15, 0.2) is 54.3 Å². The number of halogens is 3. The Morgan fingerprint density at radius 1 is 1.37 bits per heavy atom. The van der Waals surface area contributed by atoms with E-state index in [2.05, 4.69) is 27.2 Å². The van der Waals surface area contributed by atoms with Crippen molar-refractivity contribution in [3.63, 3.8) is 0 Å². The van der Waals surface area contributed by atoms with Crippen molar-refractivity contribution in [2.24, 2.45) is 4.99 Å². The third-order valence-electron chi connectivity index (χ3n) is 3.45. The molecule has 2 rings (SSSR count). The minimum Gasteiger partial charge on any atom is -0.489 e. The maximum atomic E-state index is 12.9. The molecule has 9 heteroatoms. The van der Waals surface area contributed by atoms with E-state index in [0.717, 1.165) is 15.9 Å². The maximum Gasteiger partial charge on any atom is 0.319 e. The van der Waals surface area contributed by atoms with Gasteiger partial charge in [-0.25, -0.2) is 9.98 Å². The van der Waals surface area contributed by atoms with Crippen LogP contribution in [0, 0.1) is 0 Å². The summed E-state index contributed by atoms with van der Waals surface area (Å²) in [6, 6.07) is 7.59. The molecule has 0 atom stereocenters. The highest BCUT2D eigenvalue weighted by atomic mass is 127. The van der Waals surface area contributed by atoms with E-state index in [0.29, 0.717) is 25.7 Å². The molecule has 148 valence electrons. The van der Waals surface area contributed by atoms with Gasteiger partial charge >= 0.3 is 6.55 Å². The molecule has 2 aromatic rings. The maximum absolute atomic E-state index is 12.9. The Balaban J connectivity index is 0.00000364. The predicted octanol–water partition coefficient (Wildman–Crippen LogP) is 3.72. The van der Waals surface area contributed by atoms with Crippen LogP contribution in [0.2, 0.25) is 0 Å². The number of aliphatic imine (C=N–C) groups is 1. The minimum atomic E-state index is -2.62. The Kier molecular flexibility index (Phi) is 10.4. The summed E-state index contributed by atoms with van der Waals surface area (Å²) < 4.78 is 32.2. The SMILES string of the molecule is C=CCOc1ccccc1CN=C(NCC)NCc1nccn1C(F)F.I. The fourth-order valence-electron chi connectivity index (χ4n) is 2.25. The molecule has 0 aliphatic carbocycles. The molecule has 1 aromatic heterocycles. The molecule has 1 aromatic carbocycles. The number of benzene rings is 1. The van der Waals surface area contributed by atoms with Crippen LogP contribution in [0.25, 0.3) is 0 Å². The first-order valence-electron chi connectivity index (χ1n) is 8.29. The zero-order chi connectivity index (χ0) is 18.8. The molecule has 0 fully saturated rings. The van der Waals surface area contributed by atoms with E-state index >= 15 is 0 Å². The zero-order valence-corrected chi connectivity index (χ0v) is 17.4. The van der Waals surface area contributed by atoms with Gasteiger partial charge in [0.05, 0.1) is 13.1 Å². The smallest absolute Gasteiger partial charge is 0.319 e. The lowest BCUT2D eigenvalue weighted by atomic mass is 10.2. The number of rotatable bonds is 9. The van der Waals surface area contributed by atoms with Gasteiger partial charge in [0.15, 0.2) is 5.96 Å². The molecule has 0 amide bonds. The summed E-state index contributed by atoms with van der Waals surface area (Å²) in [6.07, 6.45) is 4.27. The van der Waals surface area contributed by atoms with Gasteiger partial charge in [-0.15, -0.1) is 24.0 Å². The average Bonchev–Trinajstić information content (AvgIpc) is 3.12. The third kappa shape index (κ3) is 7.16. The standard InChI is InChI=1S/C18H23F2N5O.HI/c1-3-11-26-15-8-6-5-7-14(15)12-23-18(21-4-2)24-13-16-22-9-10-25(16)17(19)20;/h3,5-10,17H,1,4,11-13H2,2H3,(H2,21,23,24);1H. The molecule has 0 aliphatic rings. The number of ether oxygens (including phenoxy) is 1. The fraction of sp³-hybridized carbons (Fsp3) is 0.333. The number of aromatic nitrogens is 2. The lowest BCUT2D eigenvalue weighted by molar-refractivity contribution is 0.0668. The Morgan fingerprint density at radius 3 is 2.85 bits per heavy atom. The zero-order valence-electron chi connectivity index (χ0n) is 15.1. The van der Waals surface area contributed by atoms with Gasteiger partial charge in [-0.2, -0.15) is 8.78 Å². The van der Waals surface area contributed by atoms with E-state index in [1.165, 1.54) is 12.4 Å². The monoisotopic (exact) mass is 491 g/mol. The van der Waals surface area contributed by atoms with Gasteiger partial charge in [0.25, 0.3) is 0 Å². The molecule has 0 unspecified atom stereocenters. The average molecular weight is 491 g/mol. The number of alkyl halides is 2. The van der Waals surface area contributed by atoms with Crippen molar-refractivity contribution in [2.75, 3.05) is 13.2 Å². The first-order chi connectivity index (χ1) is 12.7. The number of imidazole rings is 1. The van der Waals surface area contributed by atoms with Crippen LogP contribution >= 0.6 is 24.0 Å². The van der Waals surface area contributed by atoms with Gasteiger partial charge in [-0.05, 0) is 13.0 Å². The van der Waals surface area contributed by atoms with Crippen molar-refractivity contribution < 1.29 is 13.5 Å². The fourth-order valence-corrected chi connectivity index (χ4v) is 2.25. The van der Waals surface area contributed by atoms with Crippen LogP contribution in [0.5, 0.6) is 5.75 Å². The second-order valence-electron chi connectivity index (χ2n) is 5.28. The van der Waals surface area contributed by atoms with Crippen molar-refractivity contribution >= 4 is 29.9 Å². The highest BCUT2D eigenvalue weighted by Gasteiger charge is 2.11. The number of guanidine groups is 1. The number of hydrogen-bond donors (Lipinski definition) is 2. The van der Waals surface area contributed by atoms with E-state index in [1.807, 2.05) is 31.2 Å². The predicted molar refractivity (Wildman–Crippen MR) is 113 cm³/mol. The van der Waals surface area contributed by atoms with E-state index in [-0.39, 0.29) is 36.3 Å². The normalized spacial score (nSPS) is 11.0. The lowest BCUT2D eigenvalue weighted by Crippen LogP contribution is -2.37. The number of nitrogens with zero attached hydrogens (tertiary/aromatic N) is 3. The summed E-state index contributed by atoms with van der Waals surface area (Å²) >= 11 is 0. The highest BCUT2D eigenvalue weighted by molar-refractivity contribution is 14.0. The second-order valence-corrected chi connectivity index (χ2v) is 5.28. The van der Waals surface area contributed by atoms with E-state index in [9.17, 15) is 8.78 Å². The van der Waals surface area contributed by atoms with Crippen LogP contribution in [0.4, 0.5) is 8.78 Å². The summed E-state index contributed by atoms with van der Waals surface area (Å²) in [5, 5.41) is 6.10. The van der Waals surface area contributed by atoms with E-state index < -0.39 is 6.55 Å². The van der Waals surface area contributed by atoms with Gasteiger partial charge in [-0.1, -0.05) is 30.9 Å². The van der Waals surface area contributed by atoms with Gasteiger partial charge in [0.1, 0.15) is 18.2 Å². The Morgan fingerprint density at radius 2 is 2.15 bits per heavy atom. The molecule has 2 N–H and O–H groups in total. The molecule has 0 saturated carbocycles. The van der Waals surface area contributed by atoms with Crippen molar-refractivity contribution in [1.29, 1.82) is 0 Å². The van der Waals surface area contributed by atoms with Gasteiger partial charge < -0.3 is 15.4 Å². The molecule has 0 radical (unpaired) electrons. The molecule has 1 heterocycles. The molecule has 0 saturated heterocycles. The quantitative estimate of drug-likeness (QED) is 0.243. The van der Waals surface area contributed by atoms with Crippen LogP contribution in [0.3, 0.4) is 0 Å². The van der Waals surface area contributed by atoms with Crippen LogP contribution in [-0.2, 0) is 13.1 Å². The molecule has 0 bridgehead atoms. The van der Waals surface area contributed by atoms with Crippen molar-refractivity contribution in [3.8, 4) is 5.75 Å². The number of nitrogens with one attached hydrogen (secondary N) is 2. The molecule has 0 spiro atoms.